The summed E-state index contributed by atoms with van der Waals surface area (Å²) in [4.78, 5) is 16.3. The molecule has 132 valence electrons. The molecule has 0 radical (unpaired) electrons. The maximum Gasteiger partial charge on any atom is 0.224 e. The van der Waals surface area contributed by atoms with Crippen LogP contribution in [0.2, 0.25) is 0 Å². The number of nitrogens with zero attached hydrogens (tertiary/aromatic N) is 4. The number of piperidine rings is 1. The number of rotatable bonds is 5. The minimum absolute atomic E-state index is 0.225. The standard InChI is InChI=1S/C17H27N5O2/c1-14-4-5-16(20-19-14)22-8-2-3-15(13-22)18-7-6-17(23)21-9-11-24-12-10-21/h4-5,15,18H,2-3,6-13H2,1H3. The van der Waals surface area contributed by atoms with Crippen molar-refractivity contribution >= 4 is 11.7 Å². The molecule has 2 aliphatic heterocycles. The van der Waals surface area contributed by atoms with Gasteiger partial charge in [-0.25, -0.2) is 0 Å². The number of aromatic nitrogens is 2. The zero-order valence-electron chi connectivity index (χ0n) is 14.4. The number of hydrogen-bond acceptors (Lipinski definition) is 6. The van der Waals surface area contributed by atoms with Crippen LogP contribution in [0.4, 0.5) is 5.82 Å². The van der Waals surface area contributed by atoms with Crippen LogP contribution >= 0.6 is 0 Å². The van der Waals surface area contributed by atoms with E-state index in [1.807, 2.05) is 24.0 Å². The van der Waals surface area contributed by atoms with E-state index in [1.54, 1.807) is 0 Å². The van der Waals surface area contributed by atoms with Crippen LogP contribution in [0.25, 0.3) is 0 Å². The predicted octanol–water partition coefficient (Wildman–Crippen LogP) is 0.592. The van der Waals surface area contributed by atoms with Gasteiger partial charge in [0.25, 0.3) is 0 Å². The molecule has 7 heteroatoms. The molecule has 2 aliphatic rings. The average molecular weight is 333 g/mol. The number of nitrogens with one attached hydrogen (secondary N) is 1. The minimum atomic E-state index is 0.225. The van der Waals surface area contributed by atoms with Gasteiger partial charge in [-0.1, -0.05) is 0 Å². The second-order valence-electron chi connectivity index (χ2n) is 6.52. The van der Waals surface area contributed by atoms with Crippen LogP contribution in [0.15, 0.2) is 12.1 Å². The van der Waals surface area contributed by atoms with Gasteiger partial charge in [-0.2, -0.15) is 5.10 Å². The molecule has 0 bridgehead atoms. The highest BCUT2D eigenvalue weighted by molar-refractivity contribution is 5.76. The summed E-state index contributed by atoms with van der Waals surface area (Å²) in [5, 5.41) is 12.0. The third-order valence-electron chi connectivity index (χ3n) is 4.66. The van der Waals surface area contributed by atoms with Gasteiger partial charge in [-0.05, 0) is 31.9 Å². The summed E-state index contributed by atoms with van der Waals surface area (Å²) < 4.78 is 5.28. The second kappa shape index (κ2) is 8.39. The first-order valence-corrected chi connectivity index (χ1v) is 8.86. The van der Waals surface area contributed by atoms with Gasteiger partial charge in [-0.3, -0.25) is 4.79 Å². The molecular formula is C17H27N5O2. The van der Waals surface area contributed by atoms with Crippen LogP contribution in [-0.2, 0) is 9.53 Å². The quantitative estimate of drug-likeness (QED) is 0.851. The molecule has 1 unspecified atom stereocenters. The van der Waals surface area contributed by atoms with Crippen LogP contribution in [0.3, 0.4) is 0 Å². The third kappa shape index (κ3) is 4.64. The van der Waals surface area contributed by atoms with E-state index in [0.717, 1.165) is 57.1 Å². The first-order chi connectivity index (χ1) is 11.7. The number of carbonyl (C=O) groups is 1. The smallest absolute Gasteiger partial charge is 0.224 e. The lowest BCUT2D eigenvalue weighted by atomic mass is 10.1. The summed E-state index contributed by atoms with van der Waals surface area (Å²) >= 11 is 0. The van der Waals surface area contributed by atoms with Gasteiger partial charge in [-0.15, -0.1) is 5.10 Å². The number of amides is 1. The molecule has 0 spiro atoms. The minimum Gasteiger partial charge on any atom is -0.378 e. The number of anilines is 1. The van der Waals surface area contributed by atoms with Crippen LogP contribution in [0, 0.1) is 6.92 Å². The molecule has 0 aliphatic carbocycles. The molecule has 3 heterocycles. The summed E-state index contributed by atoms with van der Waals surface area (Å²) in [7, 11) is 0. The summed E-state index contributed by atoms with van der Waals surface area (Å²) in [6.07, 6.45) is 2.83. The first-order valence-electron chi connectivity index (χ1n) is 8.86. The molecule has 0 aromatic carbocycles. The Morgan fingerprint density at radius 1 is 1.29 bits per heavy atom. The van der Waals surface area contributed by atoms with E-state index in [1.165, 1.54) is 0 Å². The van der Waals surface area contributed by atoms with Gasteiger partial charge >= 0.3 is 0 Å². The lowest BCUT2D eigenvalue weighted by Crippen LogP contribution is -2.47. The Bertz CT molecular complexity index is 530. The van der Waals surface area contributed by atoms with Crippen molar-refractivity contribution in [3.8, 4) is 0 Å². The van der Waals surface area contributed by atoms with Gasteiger partial charge in [0.2, 0.25) is 5.91 Å². The van der Waals surface area contributed by atoms with Gasteiger partial charge < -0.3 is 19.9 Å². The Hall–Kier alpha value is -1.73. The fraction of sp³-hybridized carbons (Fsp3) is 0.706. The maximum atomic E-state index is 12.2. The fourth-order valence-corrected chi connectivity index (χ4v) is 3.27. The van der Waals surface area contributed by atoms with E-state index < -0.39 is 0 Å². The highest BCUT2D eigenvalue weighted by atomic mass is 16.5. The topological polar surface area (TPSA) is 70.6 Å². The lowest BCUT2D eigenvalue weighted by Gasteiger charge is -2.34. The van der Waals surface area contributed by atoms with Crippen molar-refractivity contribution in [2.45, 2.75) is 32.2 Å². The van der Waals surface area contributed by atoms with Crippen molar-refractivity contribution in [3.63, 3.8) is 0 Å². The average Bonchev–Trinajstić information content (AvgIpc) is 2.63. The maximum absolute atomic E-state index is 12.2. The fourth-order valence-electron chi connectivity index (χ4n) is 3.27. The third-order valence-corrected chi connectivity index (χ3v) is 4.66. The molecule has 2 saturated heterocycles. The van der Waals surface area contributed by atoms with E-state index in [-0.39, 0.29) is 5.91 Å². The number of aryl methyl sites for hydroxylation is 1. The highest BCUT2D eigenvalue weighted by Crippen LogP contribution is 2.17. The molecule has 1 aromatic rings. The molecule has 1 atom stereocenters. The van der Waals surface area contributed by atoms with Crippen molar-refractivity contribution in [2.75, 3.05) is 50.8 Å². The molecule has 1 N–H and O–H groups in total. The number of hydrogen-bond donors (Lipinski definition) is 1. The second-order valence-corrected chi connectivity index (χ2v) is 6.52. The molecule has 2 fully saturated rings. The molecule has 7 nitrogen and oxygen atoms in total. The SMILES string of the molecule is Cc1ccc(N2CCCC(NCCC(=O)N3CCOCC3)C2)nn1. The Labute approximate surface area is 143 Å². The van der Waals surface area contributed by atoms with Crippen molar-refractivity contribution in [1.29, 1.82) is 0 Å². The van der Waals surface area contributed by atoms with Gasteiger partial charge in [0, 0.05) is 45.2 Å². The Morgan fingerprint density at radius 3 is 2.88 bits per heavy atom. The first kappa shape index (κ1) is 17.1. The summed E-state index contributed by atoms with van der Waals surface area (Å²) in [6, 6.07) is 4.44. The van der Waals surface area contributed by atoms with Crippen LogP contribution in [0.5, 0.6) is 0 Å². The molecule has 1 aromatic heterocycles. The normalized spacial score (nSPS) is 21.8. The zero-order chi connectivity index (χ0) is 16.8. The zero-order valence-corrected chi connectivity index (χ0v) is 14.4. The van der Waals surface area contributed by atoms with E-state index in [2.05, 4.69) is 20.4 Å². The van der Waals surface area contributed by atoms with Gasteiger partial charge in [0.15, 0.2) is 5.82 Å². The highest BCUT2D eigenvalue weighted by Gasteiger charge is 2.22. The van der Waals surface area contributed by atoms with E-state index in [0.29, 0.717) is 25.7 Å². The summed E-state index contributed by atoms with van der Waals surface area (Å²) in [5.74, 6) is 1.17. The van der Waals surface area contributed by atoms with Gasteiger partial charge in [0.05, 0.1) is 18.9 Å². The van der Waals surface area contributed by atoms with Crippen molar-refractivity contribution < 1.29 is 9.53 Å². The lowest BCUT2D eigenvalue weighted by molar-refractivity contribution is -0.135. The monoisotopic (exact) mass is 333 g/mol. The van der Waals surface area contributed by atoms with Crippen LogP contribution in [0.1, 0.15) is 25.0 Å². The molecule has 3 rings (SSSR count). The molecule has 24 heavy (non-hydrogen) atoms. The molecular weight excluding hydrogens is 306 g/mol. The van der Waals surface area contributed by atoms with E-state index >= 15 is 0 Å². The number of morpholine rings is 1. The Morgan fingerprint density at radius 2 is 2.12 bits per heavy atom. The summed E-state index contributed by atoms with van der Waals surface area (Å²) in [6.45, 7) is 7.39. The van der Waals surface area contributed by atoms with Crippen molar-refractivity contribution in [2.24, 2.45) is 0 Å². The Kier molecular flexibility index (Phi) is 5.98. The van der Waals surface area contributed by atoms with Crippen molar-refractivity contribution in [3.05, 3.63) is 17.8 Å². The van der Waals surface area contributed by atoms with Crippen LogP contribution in [-0.4, -0.2) is 73.0 Å². The molecule has 1 amide bonds. The Balaban J connectivity index is 1.42. The van der Waals surface area contributed by atoms with Crippen LogP contribution < -0.4 is 10.2 Å². The largest absolute Gasteiger partial charge is 0.378 e. The predicted molar refractivity (Wildman–Crippen MR) is 92.0 cm³/mol. The molecule has 0 saturated carbocycles. The number of carbonyl (C=O) groups excluding carboxylic acids is 1. The summed E-state index contributed by atoms with van der Waals surface area (Å²) in [5.41, 5.74) is 0.937. The van der Waals surface area contributed by atoms with E-state index in [4.69, 9.17) is 4.74 Å². The number of ether oxygens (including phenoxy) is 1. The van der Waals surface area contributed by atoms with E-state index in [9.17, 15) is 4.79 Å². The van der Waals surface area contributed by atoms with Gasteiger partial charge in [0.1, 0.15) is 0 Å². The van der Waals surface area contributed by atoms with Crippen molar-refractivity contribution in [1.82, 2.24) is 20.4 Å².